The molecular formula is C20H18FIN2. The Labute approximate surface area is 155 Å². The first-order chi connectivity index (χ1) is 11.6. The maximum Gasteiger partial charge on any atom is 0.138 e. The van der Waals surface area contributed by atoms with Crippen molar-refractivity contribution in [3.05, 3.63) is 93.3 Å². The van der Waals surface area contributed by atoms with E-state index in [0.29, 0.717) is 22.3 Å². The van der Waals surface area contributed by atoms with E-state index in [2.05, 4.69) is 29.2 Å². The van der Waals surface area contributed by atoms with Crippen LogP contribution in [0, 0.1) is 9.39 Å². The Kier molecular flexibility index (Phi) is 5.35. The summed E-state index contributed by atoms with van der Waals surface area (Å²) in [4.78, 5) is 2.11. The van der Waals surface area contributed by atoms with Gasteiger partial charge in [-0.25, -0.2) is 4.39 Å². The minimum absolute atomic E-state index is 0.245. The predicted molar refractivity (Wildman–Crippen MR) is 106 cm³/mol. The molecule has 0 atom stereocenters. The molecule has 0 fully saturated rings. The number of nitrogens with two attached hydrogens (primary N) is 1. The molecule has 3 aromatic carbocycles. The van der Waals surface area contributed by atoms with Crippen molar-refractivity contribution >= 4 is 34.0 Å². The van der Waals surface area contributed by atoms with Gasteiger partial charge in [0.2, 0.25) is 0 Å². The predicted octanol–water partition coefficient (Wildman–Crippen LogP) is 5.22. The van der Waals surface area contributed by atoms with Gasteiger partial charge in [0.15, 0.2) is 0 Å². The number of anilines is 2. The molecule has 0 aliphatic heterocycles. The average Bonchev–Trinajstić information content (AvgIpc) is 2.59. The first-order valence-corrected chi connectivity index (χ1v) is 8.78. The van der Waals surface area contributed by atoms with Crippen molar-refractivity contribution in [1.82, 2.24) is 0 Å². The van der Waals surface area contributed by atoms with Gasteiger partial charge in [0, 0.05) is 19.2 Å². The third kappa shape index (κ3) is 4.06. The van der Waals surface area contributed by atoms with Crippen molar-refractivity contribution in [1.29, 1.82) is 0 Å². The zero-order valence-electron chi connectivity index (χ0n) is 13.1. The first kappa shape index (κ1) is 16.8. The molecule has 4 heteroatoms. The molecule has 3 rings (SSSR count). The van der Waals surface area contributed by atoms with Gasteiger partial charge >= 0.3 is 0 Å². The Bertz CT molecular complexity index is 765. The number of benzene rings is 3. The summed E-state index contributed by atoms with van der Waals surface area (Å²) in [5.74, 6) is -0.245. The third-order valence-corrected chi connectivity index (χ3v) is 4.67. The lowest BCUT2D eigenvalue weighted by atomic mass is 10.1. The van der Waals surface area contributed by atoms with Gasteiger partial charge in [-0.15, -0.1) is 0 Å². The molecule has 24 heavy (non-hydrogen) atoms. The zero-order chi connectivity index (χ0) is 16.9. The van der Waals surface area contributed by atoms with Crippen LogP contribution in [-0.4, -0.2) is 0 Å². The Hall–Kier alpha value is -2.08. The number of hydrogen-bond acceptors (Lipinski definition) is 2. The van der Waals surface area contributed by atoms with Crippen LogP contribution in [0.2, 0.25) is 0 Å². The zero-order valence-corrected chi connectivity index (χ0v) is 15.3. The summed E-state index contributed by atoms with van der Waals surface area (Å²) in [5, 5.41) is 0. The molecule has 0 saturated heterocycles. The molecular weight excluding hydrogens is 414 g/mol. The van der Waals surface area contributed by atoms with Crippen LogP contribution in [-0.2, 0) is 13.1 Å². The molecule has 0 aromatic heterocycles. The Balaban J connectivity index is 1.96. The summed E-state index contributed by atoms with van der Waals surface area (Å²) in [6.07, 6.45) is 0. The standard InChI is InChI=1S/C20H18FIN2/c21-17-11-20(19(23)12-18(17)22)24(13-15-7-3-1-4-8-15)14-16-9-5-2-6-10-16/h1-12H,13-14,23H2. The monoisotopic (exact) mass is 432 g/mol. The molecule has 0 spiro atoms. The van der Waals surface area contributed by atoms with Crippen molar-refractivity contribution in [2.45, 2.75) is 13.1 Å². The van der Waals surface area contributed by atoms with E-state index in [4.69, 9.17) is 5.73 Å². The van der Waals surface area contributed by atoms with E-state index in [-0.39, 0.29) is 5.82 Å². The van der Waals surface area contributed by atoms with E-state index in [1.807, 2.05) is 59.0 Å². The van der Waals surface area contributed by atoms with Gasteiger partial charge in [0.05, 0.1) is 14.9 Å². The summed E-state index contributed by atoms with van der Waals surface area (Å²) in [5.41, 5.74) is 9.82. The fourth-order valence-electron chi connectivity index (χ4n) is 2.66. The van der Waals surface area contributed by atoms with Crippen molar-refractivity contribution < 1.29 is 4.39 Å². The fourth-order valence-corrected chi connectivity index (χ4v) is 3.15. The Morgan fingerprint density at radius 3 is 1.83 bits per heavy atom. The molecule has 0 aliphatic rings. The second kappa shape index (κ2) is 7.66. The van der Waals surface area contributed by atoms with Gasteiger partial charge in [0.1, 0.15) is 5.82 Å². The van der Waals surface area contributed by atoms with E-state index in [1.165, 1.54) is 6.07 Å². The molecule has 0 saturated carbocycles. The van der Waals surface area contributed by atoms with Crippen molar-refractivity contribution in [2.75, 3.05) is 10.6 Å². The largest absolute Gasteiger partial charge is 0.397 e. The Morgan fingerprint density at radius 2 is 1.33 bits per heavy atom. The van der Waals surface area contributed by atoms with Crippen molar-refractivity contribution in [2.24, 2.45) is 0 Å². The highest BCUT2D eigenvalue weighted by Gasteiger charge is 2.14. The van der Waals surface area contributed by atoms with Crippen LogP contribution in [0.5, 0.6) is 0 Å². The Morgan fingerprint density at radius 1 is 0.833 bits per heavy atom. The highest BCUT2D eigenvalue weighted by Crippen LogP contribution is 2.30. The SMILES string of the molecule is Nc1cc(I)c(F)cc1N(Cc1ccccc1)Cc1ccccc1. The molecule has 0 unspecified atom stereocenters. The summed E-state index contributed by atoms with van der Waals surface area (Å²) < 4.78 is 14.6. The first-order valence-electron chi connectivity index (χ1n) is 7.71. The van der Waals surface area contributed by atoms with E-state index in [0.717, 1.165) is 16.8 Å². The lowest BCUT2D eigenvalue weighted by Gasteiger charge is -2.27. The lowest BCUT2D eigenvalue weighted by Crippen LogP contribution is -2.23. The highest BCUT2D eigenvalue weighted by atomic mass is 127. The molecule has 2 N–H and O–H groups in total. The molecule has 0 heterocycles. The van der Waals surface area contributed by atoms with Gasteiger partial charge in [-0.1, -0.05) is 60.7 Å². The normalized spacial score (nSPS) is 10.6. The molecule has 122 valence electrons. The van der Waals surface area contributed by atoms with Crippen LogP contribution >= 0.6 is 22.6 Å². The van der Waals surface area contributed by atoms with Gasteiger partial charge in [-0.05, 0) is 39.8 Å². The maximum absolute atomic E-state index is 14.1. The quantitative estimate of drug-likeness (QED) is 0.443. The lowest BCUT2D eigenvalue weighted by molar-refractivity contribution is 0.619. The number of rotatable bonds is 5. The third-order valence-electron chi connectivity index (χ3n) is 3.84. The van der Waals surface area contributed by atoms with Gasteiger partial charge in [-0.2, -0.15) is 0 Å². The van der Waals surface area contributed by atoms with Crippen LogP contribution in [0.4, 0.5) is 15.8 Å². The molecule has 0 aliphatic carbocycles. The van der Waals surface area contributed by atoms with Crippen molar-refractivity contribution in [3.8, 4) is 0 Å². The highest BCUT2D eigenvalue weighted by molar-refractivity contribution is 14.1. The van der Waals surface area contributed by atoms with Gasteiger partial charge in [-0.3, -0.25) is 0 Å². The number of hydrogen-bond donors (Lipinski definition) is 1. The molecule has 3 aromatic rings. The van der Waals surface area contributed by atoms with E-state index >= 15 is 0 Å². The summed E-state index contributed by atoms with van der Waals surface area (Å²) in [6, 6.07) is 23.5. The topological polar surface area (TPSA) is 29.3 Å². The minimum Gasteiger partial charge on any atom is -0.397 e. The van der Waals surface area contributed by atoms with Crippen LogP contribution in [0.25, 0.3) is 0 Å². The smallest absolute Gasteiger partial charge is 0.138 e. The van der Waals surface area contributed by atoms with Crippen LogP contribution in [0.3, 0.4) is 0 Å². The van der Waals surface area contributed by atoms with E-state index in [9.17, 15) is 4.39 Å². The summed E-state index contributed by atoms with van der Waals surface area (Å²) in [6.45, 7) is 1.33. The fraction of sp³-hybridized carbons (Fsp3) is 0.100. The van der Waals surface area contributed by atoms with Gasteiger partial charge < -0.3 is 10.6 Å². The summed E-state index contributed by atoms with van der Waals surface area (Å²) >= 11 is 1.96. The second-order valence-corrected chi connectivity index (χ2v) is 6.81. The molecule has 0 bridgehead atoms. The number of nitrogens with zero attached hydrogens (tertiary/aromatic N) is 1. The summed E-state index contributed by atoms with van der Waals surface area (Å²) in [7, 11) is 0. The van der Waals surface area contributed by atoms with E-state index < -0.39 is 0 Å². The number of nitrogen functional groups attached to an aromatic ring is 1. The molecule has 0 amide bonds. The maximum atomic E-state index is 14.1. The van der Waals surface area contributed by atoms with Crippen LogP contribution in [0.15, 0.2) is 72.8 Å². The molecule has 0 radical (unpaired) electrons. The minimum atomic E-state index is -0.245. The van der Waals surface area contributed by atoms with Crippen LogP contribution < -0.4 is 10.6 Å². The van der Waals surface area contributed by atoms with Gasteiger partial charge in [0.25, 0.3) is 0 Å². The second-order valence-electron chi connectivity index (χ2n) is 5.65. The van der Waals surface area contributed by atoms with Crippen LogP contribution in [0.1, 0.15) is 11.1 Å². The van der Waals surface area contributed by atoms with E-state index in [1.54, 1.807) is 6.07 Å². The van der Waals surface area contributed by atoms with Crippen molar-refractivity contribution in [3.63, 3.8) is 0 Å². The molecule has 2 nitrogen and oxygen atoms in total. The number of halogens is 2. The average molecular weight is 432 g/mol.